The first kappa shape index (κ1) is 35.0. The minimum atomic E-state index is -4.20. The smallest absolute Gasteiger partial charge is 0.407 e. The van der Waals surface area contributed by atoms with Crippen LogP contribution in [0.4, 0.5) is 4.79 Å². The number of aliphatic hydroxyl groups excluding tert-OH is 1. The molecule has 1 unspecified atom stereocenters. The lowest BCUT2D eigenvalue weighted by Crippen LogP contribution is -2.51. The van der Waals surface area contributed by atoms with Crippen LogP contribution in [0.5, 0.6) is 5.75 Å². The van der Waals surface area contributed by atoms with E-state index in [9.17, 15) is 18.3 Å². The molecule has 3 heterocycles. The number of hydrogen-bond acceptors (Lipinski definition) is 11. The number of hydrogen-bond donors (Lipinski definition) is 2. The van der Waals surface area contributed by atoms with E-state index in [1.807, 2.05) is 30.3 Å². The molecule has 4 fully saturated rings. The highest BCUT2D eigenvalue weighted by Crippen LogP contribution is 2.33. The third-order valence-corrected chi connectivity index (χ3v) is 11.0. The molecule has 0 radical (unpaired) electrons. The van der Waals surface area contributed by atoms with E-state index < -0.39 is 40.9 Å². The number of alkyl carbamates (subject to hydrolysis) is 1. The molecule has 4 aliphatic rings. The molecule has 5 atom stereocenters. The fourth-order valence-electron chi connectivity index (χ4n) is 6.60. The van der Waals surface area contributed by atoms with Gasteiger partial charge in [-0.25, -0.2) is 13.2 Å². The van der Waals surface area contributed by atoms with Crippen molar-refractivity contribution < 1.29 is 46.8 Å². The molecule has 2 aromatic carbocycles. The van der Waals surface area contributed by atoms with E-state index in [-0.39, 0.29) is 36.2 Å². The Labute approximate surface area is 282 Å². The topological polar surface area (TPSA) is 145 Å². The monoisotopic (exact) mass is 689 g/mol. The number of nitrogens with zero attached hydrogens (tertiary/aromatic N) is 2. The number of morpholine rings is 1. The summed E-state index contributed by atoms with van der Waals surface area (Å²) >= 11 is 0. The van der Waals surface area contributed by atoms with Crippen molar-refractivity contribution in [3.8, 4) is 5.75 Å². The van der Waals surface area contributed by atoms with Crippen LogP contribution in [0.25, 0.3) is 0 Å². The maximum atomic E-state index is 14.0. The molecule has 3 saturated heterocycles. The van der Waals surface area contributed by atoms with Crippen molar-refractivity contribution >= 4 is 16.1 Å². The highest BCUT2D eigenvalue weighted by molar-refractivity contribution is 7.89. The number of amides is 1. The van der Waals surface area contributed by atoms with Crippen molar-refractivity contribution in [2.45, 2.75) is 74.1 Å². The summed E-state index contributed by atoms with van der Waals surface area (Å²) in [6.07, 6.45) is 1.05. The molecule has 13 nitrogen and oxygen atoms in total. The summed E-state index contributed by atoms with van der Waals surface area (Å²) in [6.45, 7) is 4.72. The number of sulfonamides is 1. The van der Waals surface area contributed by atoms with E-state index in [0.717, 1.165) is 48.9 Å². The predicted octanol–water partition coefficient (Wildman–Crippen LogP) is 2.72. The largest absolute Gasteiger partial charge is 0.492 e. The number of hydroxylamine groups is 1. The van der Waals surface area contributed by atoms with Crippen LogP contribution in [0.3, 0.4) is 0 Å². The molecule has 3 aliphatic heterocycles. The van der Waals surface area contributed by atoms with Gasteiger partial charge in [-0.2, -0.15) is 0 Å². The first-order valence-corrected chi connectivity index (χ1v) is 18.4. The van der Waals surface area contributed by atoms with E-state index in [1.54, 1.807) is 12.1 Å². The molecule has 0 bridgehead atoms. The molecule has 48 heavy (non-hydrogen) atoms. The predicted molar refractivity (Wildman–Crippen MR) is 174 cm³/mol. The summed E-state index contributed by atoms with van der Waals surface area (Å²) < 4.78 is 57.0. The van der Waals surface area contributed by atoms with Crippen LogP contribution in [-0.2, 0) is 40.2 Å². The number of carbonyl (C=O) groups excluding carboxylic acids is 1. The molecule has 0 aromatic heterocycles. The van der Waals surface area contributed by atoms with E-state index in [2.05, 4.69) is 10.2 Å². The SMILES string of the molecule is O=C(N[C@@H](Cc1ccccc1)[C@H](O)CN(OC1CCCC1)S(=O)(=O)c1ccc(OCCN2CCOCC2)cc1)OC1CO[C@H]2OCC[C@@H]12. The van der Waals surface area contributed by atoms with Gasteiger partial charge in [0.05, 0.1) is 62.0 Å². The Morgan fingerprint density at radius 1 is 1.00 bits per heavy atom. The van der Waals surface area contributed by atoms with E-state index in [1.165, 1.54) is 12.1 Å². The van der Waals surface area contributed by atoms with E-state index in [4.69, 9.17) is 28.5 Å². The zero-order chi connectivity index (χ0) is 33.3. The lowest BCUT2D eigenvalue weighted by atomic mass is 10.0. The Kier molecular flexibility index (Phi) is 12.2. The molecule has 2 N–H and O–H groups in total. The first-order valence-electron chi connectivity index (χ1n) is 17.0. The highest BCUT2D eigenvalue weighted by atomic mass is 32.2. The van der Waals surface area contributed by atoms with Gasteiger partial charge in [-0.3, -0.25) is 9.74 Å². The molecule has 14 heteroatoms. The second kappa shape index (κ2) is 16.7. The second-order valence-corrected chi connectivity index (χ2v) is 14.6. The zero-order valence-corrected chi connectivity index (χ0v) is 28.0. The third kappa shape index (κ3) is 9.24. The molecule has 1 saturated carbocycles. The Bertz CT molecular complexity index is 1400. The Morgan fingerprint density at radius 2 is 1.75 bits per heavy atom. The second-order valence-electron chi connectivity index (χ2n) is 12.8. The highest BCUT2D eigenvalue weighted by Gasteiger charge is 2.44. The van der Waals surface area contributed by atoms with Crippen LogP contribution in [-0.4, -0.2) is 119 Å². The fraction of sp³-hybridized carbons (Fsp3) is 0.618. The molecule has 2 aromatic rings. The average molecular weight is 690 g/mol. The maximum absolute atomic E-state index is 14.0. The summed E-state index contributed by atoms with van der Waals surface area (Å²) in [5, 5.41) is 14.4. The number of nitrogens with one attached hydrogen (secondary N) is 1. The molecular weight excluding hydrogens is 642 g/mol. The minimum Gasteiger partial charge on any atom is -0.492 e. The van der Waals surface area contributed by atoms with Crippen LogP contribution >= 0.6 is 0 Å². The standard InChI is InChI=1S/C34H47N3O10S/c38-31(30(22-25-6-2-1-3-7-25)35-34(39)46-32-24-45-33-29(32)14-18-44-33)23-37(47-27-8-4-5-9-27)48(40,41)28-12-10-26(11-13-28)43-21-17-36-15-19-42-20-16-36/h1-3,6-7,10-13,27,29-33,38H,4-5,8-9,14-24H2,(H,35,39)/t29-,30-,31+,32?,33+/m0/s1. The zero-order valence-electron chi connectivity index (χ0n) is 27.2. The van der Waals surface area contributed by atoms with Gasteiger partial charge in [-0.15, -0.1) is 0 Å². The van der Waals surface area contributed by atoms with Gasteiger partial charge in [0.15, 0.2) is 6.29 Å². The molecule has 264 valence electrons. The Hall–Kier alpha value is -2.82. The number of rotatable bonds is 15. The van der Waals surface area contributed by atoms with E-state index >= 15 is 0 Å². The Balaban J connectivity index is 1.13. The Morgan fingerprint density at radius 3 is 2.50 bits per heavy atom. The number of aliphatic hydroxyl groups is 1. The lowest BCUT2D eigenvalue weighted by Gasteiger charge is -2.31. The van der Waals surface area contributed by atoms with Crippen LogP contribution in [0.2, 0.25) is 0 Å². The van der Waals surface area contributed by atoms with Gasteiger partial charge in [0.2, 0.25) is 0 Å². The molecular formula is C34H47N3O10S. The van der Waals surface area contributed by atoms with Gasteiger partial charge in [0.1, 0.15) is 18.5 Å². The average Bonchev–Trinajstić information content (AvgIpc) is 3.87. The number of benzene rings is 2. The van der Waals surface area contributed by atoms with Gasteiger partial charge in [0.25, 0.3) is 10.0 Å². The van der Waals surface area contributed by atoms with Gasteiger partial charge in [0, 0.05) is 19.6 Å². The van der Waals surface area contributed by atoms with Crippen molar-refractivity contribution in [3.63, 3.8) is 0 Å². The summed E-state index contributed by atoms with van der Waals surface area (Å²) in [6, 6.07) is 14.7. The van der Waals surface area contributed by atoms with Crippen LogP contribution in [0, 0.1) is 5.92 Å². The quantitative estimate of drug-likeness (QED) is 0.266. The molecule has 0 spiro atoms. The van der Waals surface area contributed by atoms with Crippen LogP contribution in [0.1, 0.15) is 37.7 Å². The van der Waals surface area contributed by atoms with Crippen molar-refractivity contribution in [1.29, 1.82) is 0 Å². The third-order valence-electron chi connectivity index (χ3n) is 9.38. The number of ether oxygens (including phenoxy) is 5. The van der Waals surface area contributed by atoms with Gasteiger partial charge < -0.3 is 34.1 Å². The van der Waals surface area contributed by atoms with Gasteiger partial charge >= 0.3 is 6.09 Å². The summed E-state index contributed by atoms with van der Waals surface area (Å²) in [7, 11) is -4.20. The minimum absolute atomic E-state index is 0.00905. The normalized spacial score (nSPS) is 24.8. The summed E-state index contributed by atoms with van der Waals surface area (Å²) in [5.41, 5.74) is 0.852. The van der Waals surface area contributed by atoms with Crippen molar-refractivity contribution in [1.82, 2.24) is 14.7 Å². The van der Waals surface area contributed by atoms with Crippen LogP contribution < -0.4 is 10.1 Å². The van der Waals surface area contributed by atoms with Crippen molar-refractivity contribution in [3.05, 3.63) is 60.2 Å². The van der Waals surface area contributed by atoms with E-state index in [0.29, 0.717) is 45.0 Å². The van der Waals surface area contributed by atoms with Gasteiger partial charge in [-0.05, 0) is 55.5 Å². The van der Waals surface area contributed by atoms with Crippen molar-refractivity contribution in [2.75, 3.05) is 59.2 Å². The van der Waals surface area contributed by atoms with Gasteiger partial charge in [-0.1, -0.05) is 47.6 Å². The first-order chi connectivity index (χ1) is 23.3. The fourth-order valence-corrected chi connectivity index (χ4v) is 7.90. The van der Waals surface area contributed by atoms with Crippen molar-refractivity contribution in [2.24, 2.45) is 5.92 Å². The lowest BCUT2D eigenvalue weighted by molar-refractivity contribution is -0.145. The molecule has 1 amide bonds. The molecule has 6 rings (SSSR count). The number of fused-ring (bicyclic) bond motifs is 1. The van der Waals surface area contributed by atoms with Crippen LogP contribution in [0.15, 0.2) is 59.5 Å². The molecule has 1 aliphatic carbocycles. The summed E-state index contributed by atoms with van der Waals surface area (Å²) in [4.78, 5) is 21.5. The maximum Gasteiger partial charge on any atom is 0.407 e. The summed E-state index contributed by atoms with van der Waals surface area (Å²) in [5.74, 6) is 0.509. The number of carbonyl (C=O) groups is 1.